The molecule has 1 aromatic heterocycles. The Labute approximate surface area is 127 Å². The number of anilines is 1. The van der Waals surface area contributed by atoms with E-state index in [1.54, 1.807) is 31.2 Å². The smallest absolute Gasteiger partial charge is 0.319 e. The summed E-state index contributed by atoms with van der Waals surface area (Å²) in [6.45, 7) is 1.69. The second-order valence-electron chi connectivity index (χ2n) is 4.91. The summed E-state index contributed by atoms with van der Waals surface area (Å²) in [6, 6.07) is 11.6. The Balaban J connectivity index is 1.92. The standard InChI is InChI=1S/C16H15N3O3/c1-10-13(15(20)18-11-6-3-2-4-7-11)14(19-16(21)17-10)12-8-5-9-22-12/h2-9,14H,1H3,(H,18,20)(H2,17,19,21)/t14-/m0/s1. The third-order valence-electron chi connectivity index (χ3n) is 3.37. The minimum atomic E-state index is -0.618. The van der Waals surface area contributed by atoms with Crippen molar-refractivity contribution >= 4 is 17.6 Å². The predicted molar refractivity (Wildman–Crippen MR) is 80.9 cm³/mol. The molecule has 0 saturated heterocycles. The van der Waals surface area contributed by atoms with Crippen LogP contribution in [-0.4, -0.2) is 11.9 Å². The van der Waals surface area contributed by atoms with Crippen LogP contribution in [0, 0.1) is 0 Å². The Hall–Kier alpha value is -3.02. The van der Waals surface area contributed by atoms with Crippen LogP contribution in [0.4, 0.5) is 10.5 Å². The average Bonchev–Trinajstić information content (AvgIpc) is 3.01. The number of rotatable bonds is 3. The SMILES string of the molecule is CC1=C(C(=O)Nc2ccccc2)[C@H](c2ccco2)NC(=O)N1. The number of para-hydroxylation sites is 1. The van der Waals surface area contributed by atoms with Gasteiger partial charge in [-0.05, 0) is 31.2 Å². The van der Waals surface area contributed by atoms with Gasteiger partial charge in [-0.3, -0.25) is 4.79 Å². The molecule has 0 aliphatic carbocycles. The molecule has 0 spiro atoms. The molecule has 22 heavy (non-hydrogen) atoms. The van der Waals surface area contributed by atoms with Gasteiger partial charge in [-0.15, -0.1) is 0 Å². The van der Waals surface area contributed by atoms with Crippen LogP contribution in [0.3, 0.4) is 0 Å². The quantitative estimate of drug-likeness (QED) is 0.814. The van der Waals surface area contributed by atoms with Gasteiger partial charge in [0, 0.05) is 11.4 Å². The van der Waals surface area contributed by atoms with E-state index in [1.165, 1.54) is 6.26 Å². The minimum Gasteiger partial charge on any atom is -0.467 e. The number of urea groups is 1. The molecule has 0 bridgehead atoms. The number of hydrogen-bond acceptors (Lipinski definition) is 3. The fourth-order valence-corrected chi connectivity index (χ4v) is 2.38. The second kappa shape index (κ2) is 5.77. The Bertz CT molecular complexity index is 720. The van der Waals surface area contributed by atoms with Crippen LogP contribution in [-0.2, 0) is 4.79 Å². The van der Waals surface area contributed by atoms with E-state index in [9.17, 15) is 9.59 Å². The van der Waals surface area contributed by atoms with Gasteiger partial charge in [0.25, 0.3) is 5.91 Å². The molecule has 0 radical (unpaired) electrons. The molecule has 6 heteroatoms. The highest BCUT2D eigenvalue weighted by atomic mass is 16.3. The number of allylic oxidation sites excluding steroid dienone is 1. The molecule has 3 N–H and O–H groups in total. The van der Waals surface area contributed by atoms with Crippen LogP contribution in [0.15, 0.2) is 64.4 Å². The summed E-state index contributed by atoms with van der Waals surface area (Å²) in [5.74, 6) is 0.213. The lowest BCUT2D eigenvalue weighted by molar-refractivity contribution is -0.113. The van der Waals surface area contributed by atoms with E-state index in [1.807, 2.05) is 18.2 Å². The molecule has 2 heterocycles. The highest BCUT2D eigenvalue weighted by molar-refractivity contribution is 6.06. The van der Waals surface area contributed by atoms with Crippen LogP contribution < -0.4 is 16.0 Å². The number of carbonyl (C=O) groups excluding carboxylic acids is 2. The molecular formula is C16H15N3O3. The average molecular weight is 297 g/mol. The van der Waals surface area contributed by atoms with Crippen molar-refractivity contribution in [1.82, 2.24) is 10.6 Å². The molecule has 0 unspecified atom stereocenters. The Morgan fingerprint density at radius 2 is 1.95 bits per heavy atom. The second-order valence-corrected chi connectivity index (χ2v) is 4.91. The number of amides is 3. The molecule has 0 fully saturated rings. The van der Waals surface area contributed by atoms with Crippen molar-refractivity contribution in [3.63, 3.8) is 0 Å². The van der Waals surface area contributed by atoms with E-state index in [0.717, 1.165) is 0 Å². The molecule has 1 aromatic carbocycles. The number of benzene rings is 1. The Kier molecular flexibility index (Phi) is 3.65. The normalized spacial score (nSPS) is 17.7. The summed E-state index contributed by atoms with van der Waals surface area (Å²) in [7, 11) is 0. The van der Waals surface area contributed by atoms with Gasteiger partial charge in [0.2, 0.25) is 0 Å². The van der Waals surface area contributed by atoms with Crippen molar-refractivity contribution < 1.29 is 14.0 Å². The zero-order chi connectivity index (χ0) is 15.5. The van der Waals surface area contributed by atoms with Gasteiger partial charge < -0.3 is 20.4 Å². The summed E-state index contributed by atoms with van der Waals surface area (Å²) in [5, 5.41) is 8.14. The third-order valence-corrected chi connectivity index (χ3v) is 3.37. The molecule has 6 nitrogen and oxygen atoms in total. The van der Waals surface area contributed by atoms with E-state index < -0.39 is 6.04 Å². The lowest BCUT2D eigenvalue weighted by Crippen LogP contribution is -2.45. The molecule has 112 valence electrons. The highest BCUT2D eigenvalue weighted by Gasteiger charge is 2.32. The molecular weight excluding hydrogens is 282 g/mol. The molecule has 3 rings (SSSR count). The monoisotopic (exact) mass is 297 g/mol. The maximum absolute atomic E-state index is 12.6. The number of nitrogens with one attached hydrogen (secondary N) is 3. The topological polar surface area (TPSA) is 83.4 Å². The third kappa shape index (κ3) is 2.71. The summed E-state index contributed by atoms with van der Waals surface area (Å²) in [6.07, 6.45) is 1.51. The van der Waals surface area contributed by atoms with Crippen molar-refractivity contribution in [2.45, 2.75) is 13.0 Å². The van der Waals surface area contributed by atoms with Crippen LogP contribution in [0.25, 0.3) is 0 Å². The van der Waals surface area contributed by atoms with Gasteiger partial charge in [0.05, 0.1) is 11.8 Å². The highest BCUT2D eigenvalue weighted by Crippen LogP contribution is 2.27. The van der Waals surface area contributed by atoms with Crippen LogP contribution >= 0.6 is 0 Å². The zero-order valence-corrected chi connectivity index (χ0v) is 11.9. The van der Waals surface area contributed by atoms with Gasteiger partial charge in [0.15, 0.2) is 0 Å². The first-order chi connectivity index (χ1) is 10.6. The first-order valence-electron chi connectivity index (χ1n) is 6.83. The summed E-state index contributed by atoms with van der Waals surface area (Å²) in [5.41, 5.74) is 1.60. The largest absolute Gasteiger partial charge is 0.467 e. The number of hydrogen-bond donors (Lipinski definition) is 3. The Morgan fingerprint density at radius 1 is 1.18 bits per heavy atom. The molecule has 0 saturated carbocycles. The van der Waals surface area contributed by atoms with Crippen LogP contribution in [0.1, 0.15) is 18.7 Å². The maximum Gasteiger partial charge on any atom is 0.319 e. The van der Waals surface area contributed by atoms with Gasteiger partial charge in [0.1, 0.15) is 11.8 Å². The van der Waals surface area contributed by atoms with E-state index in [4.69, 9.17) is 4.42 Å². The van der Waals surface area contributed by atoms with Gasteiger partial charge >= 0.3 is 6.03 Å². The van der Waals surface area contributed by atoms with E-state index >= 15 is 0 Å². The lowest BCUT2D eigenvalue weighted by Gasteiger charge is -2.26. The zero-order valence-electron chi connectivity index (χ0n) is 11.9. The predicted octanol–water partition coefficient (Wildman–Crippen LogP) is 2.55. The van der Waals surface area contributed by atoms with Gasteiger partial charge in [-0.2, -0.15) is 0 Å². The van der Waals surface area contributed by atoms with Crippen molar-refractivity contribution in [3.05, 3.63) is 65.8 Å². The van der Waals surface area contributed by atoms with Crippen molar-refractivity contribution in [2.24, 2.45) is 0 Å². The van der Waals surface area contributed by atoms with Crippen molar-refractivity contribution in [3.8, 4) is 0 Å². The fourth-order valence-electron chi connectivity index (χ4n) is 2.38. The van der Waals surface area contributed by atoms with Crippen molar-refractivity contribution in [2.75, 3.05) is 5.32 Å². The number of carbonyl (C=O) groups is 2. The van der Waals surface area contributed by atoms with E-state index in [0.29, 0.717) is 22.7 Å². The van der Waals surface area contributed by atoms with Crippen LogP contribution in [0.5, 0.6) is 0 Å². The van der Waals surface area contributed by atoms with Gasteiger partial charge in [-0.1, -0.05) is 18.2 Å². The van der Waals surface area contributed by atoms with E-state index in [2.05, 4.69) is 16.0 Å². The molecule has 1 atom stereocenters. The molecule has 1 aliphatic rings. The molecule has 2 aromatic rings. The molecule has 3 amide bonds. The summed E-state index contributed by atoms with van der Waals surface area (Å²) >= 11 is 0. The minimum absolute atomic E-state index is 0.294. The summed E-state index contributed by atoms with van der Waals surface area (Å²) in [4.78, 5) is 24.3. The van der Waals surface area contributed by atoms with Crippen LogP contribution in [0.2, 0.25) is 0 Å². The lowest BCUT2D eigenvalue weighted by atomic mass is 10.00. The van der Waals surface area contributed by atoms with Crippen molar-refractivity contribution in [1.29, 1.82) is 0 Å². The van der Waals surface area contributed by atoms with Gasteiger partial charge in [-0.25, -0.2) is 4.79 Å². The maximum atomic E-state index is 12.6. The first kappa shape index (κ1) is 13.9. The van der Waals surface area contributed by atoms with E-state index in [-0.39, 0.29) is 11.9 Å². The Morgan fingerprint density at radius 3 is 2.64 bits per heavy atom. The first-order valence-corrected chi connectivity index (χ1v) is 6.83. The fraction of sp³-hybridized carbons (Fsp3) is 0.125. The summed E-state index contributed by atoms with van der Waals surface area (Å²) < 4.78 is 5.34. The molecule has 1 aliphatic heterocycles. The number of furan rings is 1.